The smallest absolute Gasteiger partial charge is 0.231 e. The van der Waals surface area contributed by atoms with Gasteiger partial charge in [-0.1, -0.05) is 24.8 Å². The Labute approximate surface area is 123 Å². The van der Waals surface area contributed by atoms with Crippen molar-refractivity contribution in [3.8, 4) is 5.69 Å². The van der Waals surface area contributed by atoms with Gasteiger partial charge < -0.3 is 5.73 Å². The fraction of sp³-hybridized carbons (Fsp3) is 0.333. The Hall–Kier alpha value is -1.75. The molecule has 4 nitrogen and oxygen atoms in total. The largest absolute Gasteiger partial charge is 0.369 e. The summed E-state index contributed by atoms with van der Waals surface area (Å²) < 4.78 is 2.00. The minimum Gasteiger partial charge on any atom is -0.369 e. The second-order valence-electron chi connectivity index (χ2n) is 4.84. The van der Waals surface area contributed by atoms with Gasteiger partial charge in [-0.3, -0.25) is 9.36 Å². The van der Waals surface area contributed by atoms with Gasteiger partial charge in [0.2, 0.25) is 5.91 Å². The van der Waals surface area contributed by atoms with Gasteiger partial charge >= 0.3 is 0 Å². The molecule has 20 heavy (non-hydrogen) atoms. The number of rotatable bonds is 5. The molecule has 0 aliphatic carbocycles. The quantitative estimate of drug-likeness (QED) is 0.861. The highest BCUT2D eigenvalue weighted by Gasteiger charge is 2.18. The van der Waals surface area contributed by atoms with Crippen LogP contribution in [0.4, 0.5) is 0 Å². The molecule has 0 bridgehead atoms. The fourth-order valence-corrected chi connectivity index (χ4v) is 3.07. The minimum atomic E-state index is -0.299. The Morgan fingerprint density at radius 1 is 1.35 bits per heavy atom. The summed E-state index contributed by atoms with van der Waals surface area (Å²) in [6.45, 7) is 6.09. The van der Waals surface area contributed by atoms with E-state index in [-0.39, 0.29) is 11.2 Å². The zero-order valence-electron chi connectivity index (χ0n) is 12.0. The highest BCUT2D eigenvalue weighted by atomic mass is 32.2. The van der Waals surface area contributed by atoms with Crippen LogP contribution >= 0.6 is 11.8 Å². The van der Waals surface area contributed by atoms with Crippen LogP contribution in [0.2, 0.25) is 0 Å². The van der Waals surface area contributed by atoms with E-state index in [1.54, 1.807) is 6.20 Å². The monoisotopic (exact) mass is 289 g/mol. The average Bonchev–Trinajstić information content (AvgIpc) is 2.82. The molecule has 0 aliphatic rings. The molecule has 2 N–H and O–H groups in total. The van der Waals surface area contributed by atoms with Crippen LogP contribution in [-0.2, 0) is 4.79 Å². The van der Waals surface area contributed by atoms with Crippen LogP contribution in [0.1, 0.15) is 24.5 Å². The SMILES string of the molecule is CC[C@@H](Sc1nccn1-c1cc(C)cc(C)c1)C(N)=O. The van der Waals surface area contributed by atoms with Gasteiger partial charge in [0, 0.05) is 18.1 Å². The summed E-state index contributed by atoms with van der Waals surface area (Å²) in [7, 11) is 0. The van der Waals surface area contributed by atoms with Gasteiger partial charge in [-0.25, -0.2) is 4.98 Å². The number of primary amides is 1. The molecule has 5 heteroatoms. The Balaban J connectivity index is 2.35. The molecule has 1 heterocycles. The van der Waals surface area contributed by atoms with Crippen LogP contribution in [0, 0.1) is 13.8 Å². The van der Waals surface area contributed by atoms with E-state index < -0.39 is 0 Å². The van der Waals surface area contributed by atoms with E-state index in [1.807, 2.05) is 17.7 Å². The number of thioether (sulfide) groups is 1. The summed E-state index contributed by atoms with van der Waals surface area (Å²) >= 11 is 1.41. The van der Waals surface area contributed by atoms with Gasteiger partial charge in [0.1, 0.15) is 0 Å². The maximum atomic E-state index is 11.4. The third-order valence-electron chi connectivity index (χ3n) is 3.03. The first-order chi connectivity index (χ1) is 9.51. The maximum absolute atomic E-state index is 11.4. The molecule has 1 aromatic heterocycles. The average molecular weight is 289 g/mol. The van der Waals surface area contributed by atoms with Gasteiger partial charge in [-0.2, -0.15) is 0 Å². The molecule has 1 aromatic carbocycles. The number of aromatic nitrogens is 2. The minimum absolute atomic E-state index is 0.248. The van der Waals surface area contributed by atoms with Crippen LogP contribution in [0.5, 0.6) is 0 Å². The molecular formula is C15H19N3OS. The second-order valence-corrected chi connectivity index (χ2v) is 6.01. The number of carbonyl (C=O) groups excluding carboxylic acids is 1. The molecule has 0 aliphatic heterocycles. The van der Waals surface area contributed by atoms with Gasteiger partial charge in [-0.05, 0) is 43.5 Å². The van der Waals surface area contributed by atoms with E-state index in [9.17, 15) is 4.79 Å². The van der Waals surface area contributed by atoms with Crippen molar-refractivity contribution in [3.63, 3.8) is 0 Å². The van der Waals surface area contributed by atoms with Crippen molar-refractivity contribution in [1.29, 1.82) is 0 Å². The first-order valence-corrected chi connectivity index (χ1v) is 7.47. The van der Waals surface area contributed by atoms with Crippen molar-refractivity contribution in [2.75, 3.05) is 0 Å². The van der Waals surface area contributed by atoms with Crippen molar-refractivity contribution in [3.05, 3.63) is 41.7 Å². The Bertz CT molecular complexity index is 601. The summed E-state index contributed by atoms with van der Waals surface area (Å²) in [5, 5.41) is 0.544. The molecule has 2 rings (SSSR count). The number of hydrogen-bond acceptors (Lipinski definition) is 3. The summed E-state index contributed by atoms with van der Waals surface area (Å²) in [4.78, 5) is 15.7. The zero-order chi connectivity index (χ0) is 14.7. The molecular weight excluding hydrogens is 270 g/mol. The topological polar surface area (TPSA) is 60.9 Å². The van der Waals surface area contributed by atoms with E-state index in [2.05, 4.69) is 37.0 Å². The lowest BCUT2D eigenvalue weighted by molar-refractivity contribution is -0.117. The first kappa shape index (κ1) is 14.7. The van der Waals surface area contributed by atoms with E-state index >= 15 is 0 Å². The lowest BCUT2D eigenvalue weighted by atomic mass is 10.1. The van der Waals surface area contributed by atoms with Gasteiger partial charge in [0.15, 0.2) is 5.16 Å². The van der Waals surface area contributed by atoms with Crippen LogP contribution in [0.15, 0.2) is 35.7 Å². The lowest BCUT2D eigenvalue weighted by Gasteiger charge is -2.13. The molecule has 0 saturated carbocycles. The summed E-state index contributed by atoms with van der Waals surface area (Å²) in [6.07, 6.45) is 4.34. The molecule has 0 radical (unpaired) electrons. The van der Waals surface area contributed by atoms with Gasteiger partial charge in [0.05, 0.1) is 5.25 Å². The Morgan fingerprint density at radius 3 is 2.55 bits per heavy atom. The summed E-state index contributed by atoms with van der Waals surface area (Å²) in [5.74, 6) is -0.299. The van der Waals surface area contributed by atoms with Crippen LogP contribution < -0.4 is 5.73 Å². The molecule has 1 atom stereocenters. The molecule has 0 unspecified atom stereocenters. The molecule has 0 spiro atoms. The number of nitrogens with zero attached hydrogens (tertiary/aromatic N) is 2. The van der Waals surface area contributed by atoms with E-state index in [1.165, 1.54) is 22.9 Å². The van der Waals surface area contributed by atoms with E-state index in [4.69, 9.17) is 5.73 Å². The number of carbonyl (C=O) groups is 1. The predicted octanol–water partition coefficient (Wildman–Crippen LogP) is 2.85. The second kappa shape index (κ2) is 6.13. The Morgan fingerprint density at radius 2 is 2.00 bits per heavy atom. The van der Waals surface area contributed by atoms with Crippen molar-refractivity contribution < 1.29 is 4.79 Å². The standard InChI is InChI=1S/C15H19N3OS/c1-4-13(14(16)19)20-15-17-5-6-18(15)12-8-10(2)7-11(3)9-12/h5-9,13H,4H2,1-3H3,(H2,16,19)/t13-/m1/s1. The molecule has 0 fully saturated rings. The fourth-order valence-electron chi connectivity index (χ4n) is 2.13. The van der Waals surface area contributed by atoms with Crippen molar-refractivity contribution in [2.24, 2.45) is 5.73 Å². The maximum Gasteiger partial charge on any atom is 0.231 e. The van der Waals surface area contributed by atoms with Crippen LogP contribution in [-0.4, -0.2) is 20.7 Å². The predicted molar refractivity (Wildman–Crippen MR) is 82.2 cm³/mol. The number of amides is 1. The third-order valence-corrected chi connectivity index (χ3v) is 4.39. The normalized spacial score (nSPS) is 12.3. The first-order valence-electron chi connectivity index (χ1n) is 6.59. The molecule has 1 amide bonds. The van der Waals surface area contributed by atoms with Crippen molar-refractivity contribution in [2.45, 2.75) is 37.6 Å². The third kappa shape index (κ3) is 3.22. The van der Waals surface area contributed by atoms with Gasteiger partial charge in [-0.15, -0.1) is 0 Å². The highest BCUT2D eigenvalue weighted by Crippen LogP contribution is 2.26. The van der Waals surface area contributed by atoms with E-state index in [0.717, 1.165) is 10.8 Å². The molecule has 0 saturated heterocycles. The summed E-state index contributed by atoms with van der Waals surface area (Å²) in [5.41, 5.74) is 8.86. The zero-order valence-corrected chi connectivity index (χ0v) is 12.8. The molecule has 106 valence electrons. The number of aryl methyl sites for hydroxylation is 2. The molecule has 2 aromatic rings. The number of benzene rings is 1. The number of nitrogens with two attached hydrogens (primary N) is 1. The van der Waals surface area contributed by atoms with E-state index in [0.29, 0.717) is 6.42 Å². The van der Waals surface area contributed by atoms with Crippen LogP contribution in [0.25, 0.3) is 5.69 Å². The van der Waals surface area contributed by atoms with Crippen LogP contribution in [0.3, 0.4) is 0 Å². The lowest BCUT2D eigenvalue weighted by Crippen LogP contribution is -2.25. The van der Waals surface area contributed by atoms with Crippen molar-refractivity contribution >= 4 is 17.7 Å². The Kier molecular flexibility index (Phi) is 4.49. The van der Waals surface area contributed by atoms with Gasteiger partial charge in [0.25, 0.3) is 0 Å². The van der Waals surface area contributed by atoms with Crippen molar-refractivity contribution in [1.82, 2.24) is 9.55 Å². The summed E-state index contributed by atoms with van der Waals surface area (Å²) in [6, 6.07) is 6.33. The number of hydrogen-bond donors (Lipinski definition) is 1. The highest BCUT2D eigenvalue weighted by molar-refractivity contribution is 8.00. The number of imidazole rings is 1.